The SMILES string of the molecule is CC[C@@H](C(C)=O)n1cc[nH]c(=O)c1=O. The summed E-state index contributed by atoms with van der Waals surface area (Å²) < 4.78 is 1.17. The normalized spacial score (nSPS) is 12.4. The van der Waals surface area contributed by atoms with Gasteiger partial charge in [-0.1, -0.05) is 6.92 Å². The van der Waals surface area contributed by atoms with Crippen LogP contribution in [0.4, 0.5) is 0 Å². The highest BCUT2D eigenvalue weighted by molar-refractivity contribution is 5.79. The third-order valence-corrected chi connectivity index (χ3v) is 2.07. The van der Waals surface area contributed by atoms with Crippen molar-refractivity contribution in [2.24, 2.45) is 0 Å². The van der Waals surface area contributed by atoms with Crippen molar-refractivity contribution >= 4 is 5.78 Å². The van der Waals surface area contributed by atoms with Gasteiger partial charge in [-0.05, 0) is 13.3 Å². The van der Waals surface area contributed by atoms with Gasteiger partial charge in [0.15, 0.2) is 5.78 Å². The zero-order valence-electron chi connectivity index (χ0n) is 8.11. The summed E-state index contributed by atoms with van der Waals surface area (Å²) in [6, 6.07) is -0.537. The minimum Gasteiger partial charge on any atom is -0.323 e. The molecule has 5 heteroatoms. The molecule has 0 aromatic carbocycles. The number of rotatable bonds is 3. The van der Waals surface area contributed by atoms with E-state index < -0.39 is 17.2 Å². The molecule has 1 N–H and O–H groups in total. The van der Waals surface area contributed by atoms with Gasteiger partial charge in [0.1, 0.15) is 0 Å². The van der Waals surface area contributed by atoms with E-state index in [0.717, 1.165) is 0 Å². The lowest BCUT2D eigenvalue weighted by Gasteiger charge is -2.13. The molecule has 0 bridgehead atoms. The fraction of sp³-hybridized carbons (Fsp3) is 0.444. The number of carbonyl (C=O) groups is 1. The molecular formula is C9H12N2O3. The Balaban J connectivity index is 3.31. The topological polar surface area (TPSA) is 71.9 Å². The second-order valence-corrected chi connectivity index (χ2v) is 3.04. The average molecular weight is 196 g/mol. The van der Waals surface area contributed by atoms with Crippen molar-refractivity contribution in [1.82, 2.24) is 9.55 Å². The van der Waals surface area contributed by atoms with Gasteiger partial charge in [-0.25, -0.2) is 0 Å². The van der Waals surface area contributed by atoms with E-state index in [1.165, 1.54) is 23.9 Å². The van der Waals surface area contributed by atoms with E-state index >= 15 is 0 Å². The maximum atomic E-state index is 11.3. The number of ketones is 1. The predicted octanol–water partition coefficient (Wildman–Crippen LogP) is 0.0767. The van der Waals surface area contributed by atoms with Gasteiger partial charge in [0, 0.05) is 12.4 Å². The van der Waals surface area contributed by atoms with Crippen LogP contribution >= 0.6 is 0 Å². The maximum Gasteiger partial charge on any atom is 0.316 e. The zero-order valence-corrected chi connectivity index (χ0v) is 8.11. The molecule has 0 spiro atoms. The highest BCUT2D eigenvalue weighted by Crippen LogP contribution is 2.07. The molecule has 0 aliphatic rings. The predicted molar refractivity (Wildman–Crippen MR) is 51.3 cm³/mol. The summed E-state index contributed by atoms with van der Waals surface area (Å²) in [4.78, 5) is 35.7. The van der Waals surface area contributed by atoms with E-state index in [2.05, 4.69) is 4.98 Å². The highest BCUT2D eigenvalue weighted by Gasteiger charge is 2.15. The first-order valence-corrected chi connectivity index (χ1v) is 4.38. The second kappa shape index (κ2) is 4.04. The highest BCUT2D eigenvalue weighted by atomic mass is 16.2. The molecule has 0 fully saturated rings. The van der Waals surface area contributed by atoms with Crippen LogP contribution in [0.3, 0.4) is 0 Å². The molecule has 5 nitrogen and oxygen atoms in total. The molecule has 1 aromatic heterocycles. The van der Waals surface area contributed by atoms with Crippen molar-refractivity contribution in [1.29, 1.82) is 0 Å². The molecule has 0 unspecified atom stereocenters. The molecule has 0 saturated carbocycles. The zero-order chi connectivity index (χ0) is 10.7. The third-order valence-electron chi connectivity index (χ3n) is 2.07. The molecule has 0 aliphatic carbocycles. The quantitative estimate of drug-likeness (QED) is 0.696. The Hall–Kier alpha value is -1.65. The van der Waals surface area contributed by atoms with Crippen LogP contribution in [0.1, 0.15) is 26.3 Å². The summed E-state index contributed by atoms with van der Waals surface area (Å²) in [5, 5.41) is 0. The first-order valence-electron chi connectivity index (χ1n) is 4.38. The lowest BCUT2D eigenvalue weighted by atomic mass is 10.1. The Bertz CT molecular complexity index is 444. The van der Waals surface area contributed by atoms with E-state index in [1.54, 1.807) is 6.92 Å². The number of aromatic amines is 1. The van der Waals surface area contributed by atoms with Crippen LogP contribution in [0.5, 0.6) is 0 Å². The number of H-pyrrole nitrogens is 1. The number of hydrogen-bond donors (Lipinski definition) is 1. The van der Waals surface area contributed by atoms with Crippen molar-refractivity contribution in [3.8, 4) is 0 Å². The van der Waals surface area contributed by atoms with E-state index in [9.17, 15) is 14.4 Å². The number of Topliss-reactive ketones (excluding diaryl/α,β-unsaturated/α-hetero) is 1. The monoisotopic (exact) mass is 196 g/mol. The standard InChI is InChI=1S/C9H12N2O3/c1-3-7(6(2)12)11-5-4-10-8(13)9(11)14/h4-5,7H,3H2,1-2H3,(H,10,13)/t7-/m0/s1. The Morgan fingerprint density at radius 2 is 2.21 bits per heavy atom. The van der Waals surface area contributed by atoms with Crippen LogP contribution in [0, 0.1) is 0 Å². The average Bonchev–Trinajstić information content (AvgIpc) is 2.13. The number of carbonyl (C=O) groups excluding carboxylic acids is 1. The lowest BCUT2D eigenvalue weighted by molar-refractivity contribution is -0.120. The molecule has 1 heterocycles. The van der Waals surface area contributed by atoms with Gasteiger partial charge in [0.05, 0.1) is 6.04 Å². The largest absolute Gasteiger partial charge is 0.323 e. The van der Waals surface area contributed by atoms with Gasteiger partial charge in [-0.15, -0.1) is 0 Å². The molecule has 0 amide bonds. The van der Waals surface area contributed by atoms with Crippen molar-refractivity contribution in [2.45, 2.75) is 26.3 Å². The van der Waals surface area contributed by atoms with Crippen molar-refractivity contribution in [3.05, 3.63) is 33.1 Å². The first-order chi connectivity index (χ1) is 6.57. The molecule has 76 valence electrons. The summed E-state index contributed by atoms with van der Waals surface area (Å²) in [6.07, 6.45) is 3.27. The summed E-state index contributed by atoms with van der Waals surface area (Å²) in [5.74, 6) is -0.125. The fourth-order valence-corrected chi connectivity index (χ4v) is 1.37. The van der Waals surface area contributed by atoms with E-state index in [4.69, 9.17) is 0 Å². The van der Waals surface area contributed by atoms with Crippen LogP contribution in [-0.4, -0.2) is 15.3 Å². The Morgan fingerprint density at radius 3 is 2.71 bits per heavy atom. The van der Waals surface area contributed by atoms with Crippen LogP contribution in [0.15, 0.2) is 22.0 Å². The Labute approximate surface area is 80.4 Å². The van der Waals surface area contributed by atoms with Crippen molar-refractivity contribution in [3.63, 3.8) is 0 Å². The minimum atomic E-state index is -0.702. The number of nitrogens with one attached hydrogen (secondary N) is 1. The Morgan fingerprint density at radius 1 is 1.57 bits per heavy atom. The van der Waals surface area contributed by atoms with Crippen molar-refractivity contribution < 1.29 is 4.79 Å². The third kappa shape index (κ3) is 1.81. The molecule has 0 saturated heterocycles. The van der Waals surface area contributed by atoms with Gasteiger partial charge in [0.25, 0.3) is 0 Å². The fourth-order valence-electron chi connectivity index (χ4n) is 1.37. The second-order valence-electron chi connectivity index (χ2n) is 3.04. The first kappa shape index (κ1) is 10.4. The van der Waals surface area contributed by atoms with Gasteiger partial charge in [0.2, 0.25) is 0 Å². The molecule has 1 aromatic rings. The summed E-state index contributed by atoms with van der Waals surface area (Å²) in [7, 11) is 0. The smallest absolute Gasteiger partial charge is 0.316 e. The van der Waals surface area contributed by atoms with Crippen molar-refractivity contribution in [2.75, 3.05) is 0 Å². The van der Waals surface area contributed by atoms with Gasteiger partial charge in [-0.2, -0.15) is 0 Å². The number of nitrogens with zero attached hydrogens (tertiary/aromatic N) is 1. The minimum absolute atomic E-state index is 0.125. The number of aromatic nitrogens is 2. The molecule has 14 heavy (non-hydrogen) atoms. The molecule has 0 aliphatic heterocycles. The van der Waals surface area contributed by atoms with Crippen LogP contribution in [0.2, 0.25) is 0 Å². The van der Waals surface area contributed by atoms with Crippen LogP contribution in [0.25, 0.3) is 0 Å². The molecule has 0 radical (unpaired) electrons. The molecule has 1 atom stereocenters. The number of hydrogen-bond acceptors (Lipinski definition) is 3. The van der Waals surface area contributed by atoms with Gasteiger partial charge >= 0.3 is 11.1 Å². The van der Waals surface area contributed by atoms with Gasteiger partial charge < -0.3 is 4.98 Å². The Kier molecular flexibility index (Phi) is 3.01. The van der Waals surface area contributed by atoms with Crippen LogP contribution < -0.4 is 11.1 Å². The summed E-state index contributed by atoms with van der Waals surface area (Å²) in [6.45, 7) is 3.20. The summed E-state index contributed by atoms with van der Waals surface area (Å²) >= 11 is 0. The molecule has 1 rings (SSSR count). The summed E-state index contributed by atoms with van der Waals surface area (Å²) in [5.41, 5.74) is -1.39. The van der Waals surface area contributed by atoms with Gasteiger partial charge in [-0.3, -0.25) is 19.0 Å². The maximum absolute atomic E-state index is 11.3. The van der Waals surface area contributed by atoms with E-state index in [-0.39, 0.29) is 5.78 Å². The lowest BCUT2D eigenvalue weighted by Crippen LogP contribution is -2.39. The molecular weight excluding hydrogens is 184 g/mol. The van der Waals surface area contributed by atoms with E-state index in [0.29, 0.717) is 6.42 Å². The van der Waals surface area contributed by atoms with Crippen LogP contribution in [-0.2, 0) is 4.79 Å². The van der Waals surface area contributed by atoms with E-state index in [1.807, 2.05) is 0 Å².